The van der Waals surface area contributed by atoms with E-state index in [9.17, 15) is 4.39 Å². The van der Waals surface area contributed by atoms with Gasteiger partial charge in [-0.15, -0.1) is 0 Å². The van der Waals surface area contributed by atoms with E-state index in [0.717, 1.165) is 16.9 Å². The van der Waals surface area contributed by atoms with Crippen LogP contribution in [-0.2, 0) is 6.54 Å². The van der Waals surface area contributed by atoms with E-state index >= 15 is 0 Å². The van der Waals surface area contributed by atoms with Gasteiger partial charge in [-0.05, 0) is 58.2 Å². The first-order valence-electron chi connectivity index (χ1n) is 6.41. The maximum atomic E-state index is 13.2. The van der Waals surface area contributed by atoms with Gasteiger partial charge in [0.05, 0.1) is 11.6 Å². The van der Waals surface area contributed by atoms with Crippen molar-refractivity contribution in [1.29, 1.82) is 0 Å². The normalized spacial score (nSPS) is 12.2. The standard InChI is InChI=1S/C16H17BrFNO/c1-11(13-4-3-5-14(9-13)20-2)19-10-12-6-7-16(18)15(17)8-12/h3-9,11,19H,10H2,1-2H3/t11-/m0/s1. The molecule has 0 heterocycles. The molecular weight excluding hydrogens is 321 g/mol. The second-order valence-electron chi connectivity index (χ2n) is 4.63. The van der Waals surface area contributed by atoms with Crippen molar-refractivity contribution >= 4 is 15.9 Å². The Morgan fingerprint density at radius 1 is 1.25 bits per heavy atom. The number of hydrogen-bond donors (Lipinski definition) is 1. The lowest BCUT2D eigenvalue weighted by Gasteiger charge is -2.15. The monoisotopic (exact) mass is 337 g/mol. The van der Waals surface area contributed by atoms with Crippen LogP contribution in [0.15, 0.2) is 46.9 Å². The van der Waals surface area contributed by atoms with Crippen molar-refractivity contribution in [2.75, 3.05) is 7.11 Å². The van der Waals surface area contributed by atoms with Gasteiger partial charge < -0.3 is 10.1 Å². The fourth-order valence-corrected chi connectivity index (χ4v) is 2.38. The molecule has 4 heteroatoms. The van der Waals surface area contributed by atoms with Gasteiger partial charge in [0.2, 0.25) is 0 Å². The number of halogens is 2. The molecule has 2 aromatic carbocycles. The number of methoxy groups -OCH3 is 1. The number of ether oxygens (including phenoxy) is 1. The van der Waals surface area contributed by atoms with Gasteiger partial charge in [0, 0.05) is 12.6 Å². The van der Waals surface area contributed by atoms with Crippen LogP contribution in [0.2, 0.25) is 0 Å². The van der Waals surface area contributed by atoms with E-state index in [0.29, 0.717) is 11.0 Å². The van der Waals surface area contributed by atoms with Crippen LogP contribution >= 0.6 is 15.9 Å². The molecular formula is C16H17BrFNO. The van der Waals surface area contributed by atoms with Crippen molar-refractivity contribution in [3.8, 4) is 5.75 Å². The van der Waals surface area contributed by atoms with Gasteiger partial charge in [-0.2, -0.15) is 0 Å². The number of rotatable bonds is 5. The Hall–Kier alpha value is -1.39. The quantitative estimate of drug-likeness (QED) is 0.870. The summed E-state index contributed by atoms with van der Waals surface area (Å²) in [5.41, 5.74) is 2.19. The Labute approximate surface area is 127 Å². The first kappa shape index (κ1) is 15.0. The molecule has 0 aliphatic heterocycles. The predicted octanol–water partition coefficient (Wildman–Crippen LogP) is 4.45. The molecule has 0 bridgehead atoms. The predicted molar refractivity (Wildman–Crippen MR) is 82.3 cm³/mol. The zero-order chi connectivity index (χ0) is 14.5. The molecule has 2 rings (SSSR count). The minimum absolute atomic E-state index is 0.189. The summed E-state index contributed by atoms with van der Waals surface area (Å²) in [5.74, 6) is 0.607. The average Bonchev–Trinajstić information content (AvgIpc) is 2.48. The topological polar surface area (TPSA) is 21.3 Å². The molecule has 0 amide bonds. The molecule has 2 aromatic rings. The van der Waals surface area contributed by atoms with E-state index in [1.54, 1.807) is 19.2 Å². The fraction of sp³-hybridized carbons (Fsp3) is 0.250. The number of hydrogen-bond acceptors (Lipinski definition) is 2. The number of benzene rings is 2. The van der Waals surface area contributed by atoms with E-state index in [4.69, 9.17) is 4.74 Å². The van der Waals surface area contributed by atoms with Gasteiger partial charge in [-0.25, -0.2) is 4.39 Å². The zero-order valence-corrected chi connectivity index (χ0v) is 13.1. The summed E-state index contributed by atoms with van der Waals surface area (Å²) in [4.78, 5) is 0. The van der Waals surface area contributed by atoms with Crippen molar-refractivity contribution in [2.45, 2.75) is 19.5 Å². The summed E-state index contributed by atoms with van der Waals surface area (Å²) >= 11 is 3.20. The Balaban J connectivity index is 2.00. The molecule has 1 N–H and O–H groups in total. The molecule has 0 fully saturated rings. The molecule has 20 heavy (non-hydrogen) atoms. The highest BCUT2D eigenvalue weighted by atomic mass is 79.9. The Kier molecular flexibility index (Phi) is 5.15. The second kappa shape index (κ2) is 6.86. The van der Waals surface area contributed by atoms with Crippen LogP contribution in [0.1, 0.15) is 24.1 Å². The lowest BCUT2D eigenvalue weighted by atomic mass is 10.1. The summed E-state index contributed by atoms with van der Waals surface area (Å²) < 4.78 is 18.9. The zero-order valence-electron chi connectivity index (χ0n) is 11.5. The molecule has 0 aromatic heterocycles. The third kappa shape index (κ3) is 3.81. The SMILES string of the molecule is COc1cccc([C@H](C)NCc2ccc(F)c(Br)c2)c1. The van der Waals surface area contributed by atoms with Crippen LogP contribution in [0.5, 0.6) is 5.75 Å². The number of nitrogens with one attached hydrogen (secondary N) is 1. The van der Waals surface area contributed by atoms with E-state index in [1.165, 1.54) is 6.07 Å². The molecule has 106 valence electrons. The molecule has 0 saturated heterocycles. The molecule has 0 aliphatic rings. The molecule has 2 nitrogen and oxygen atoms in total. The largest absolute Gasteiger partial charge is 0.497 e. The molecule has 1 atom stereocenters. The smallest absolute Gasteiger partial charge is 0.137 e. The first-order chi connectivity index (χ1) is 9.60. The van der Waals surface area contributed by atoms with Crippen LogP contribution < -0.4 is 10.1 Å². The van der Waals surface area contributed by atoms with Crippen molar-refractivity contribution < 1.29 is 9.13 Å². The molecule has 0 spiro atoms. The van der Waals surface area contributed by atoms with E-state index in [2.05, 4.69) is 34.2 Å². The Morgan fingerprint density at radius 3 is 2.75 bits per heavy atom. The summed E-state index contributed by atoms with van der Waals surface area (Å²) in [7, 11) is 1.66. The van der Waals surface area contributed by atoms with Gasteiger partial charge in [0.15, 0.2) is 0 Å². The van der Waals surface area contributed by atoms with Crippen LogP contribution in [0, 0.1) is 5.82 Å². The van der Waals surface area contributed by atoms with Crippen LogP contribution in [0.25, 0.3) is 0 Å². The highest BCUT2D eigenvalue weighted by Crippen LogP contribution is 2.20. The van der Waals surface area contributed by atoms with Gasteiger partial charge in [-0.3, -0.25) is 0 Å². The van der Waals surface area contributed by atoms with E-state index in [-0.39, 0.29) is 11.9 Å². The Bertz CT molecular complexity index is 588. The summed E-state index contributed by atoms with van der Waals surface area (Å²) in [5, 5.41) is 3.41. The van der Waals surface area contributed by atoms with Gasteiger partial charge in [0.25, 0.3) is 0 Å². The van der Waals surface area contributed by atoms with Crippen molar-refractivity contribution in [1.82, 2.24) is 5.32 Å². The van der Waals surface area contributed by atoms with Crippen LogP contribution in [0.3, 0.4) is 0 Å². The molecule has 0 saturated carbocycles. The summed E-state index contributed by atoms with van der Waals surface area (Å²) in [6.45, 7) is 2.77. The Morgan fingerprint density at radius 2 is 2.05 bits per heavy atom. The first-order valence-corrected chi connectivity index (χ1v) is 7.20. The maximum Gasteiger partial charge on any atom is 0.137 e. The van der Waals surface area contributed by atoms with Crippen molar-refractivity contribution in [2.24, 2.45) is 0 Å². The third-order valence-corrected chi connectivity index (χ3v) is 3.80. The molecule has 0 unspecified atom stereocenters. The van der Waals surface area contributed by atoms with E-state index < -0.39 is 0 Å². The molecule has 0 aliphatic carbocycles. The lowest BCUT2D eigenvalue weighted by Crippen LogP contribution is -2.18. The minimum Gasteiger partial charge on any atom is -0.497 e. The minimum atomic E-state index is -0.241. The average molecular weight is 338 g/mol. The maximum absolute atomic E-state index is 13.2. The fourth-order valence-electron chi connectivity index (χ4n) is 1.95. The summed E-state index contributed by atoms with van der Waals surface area (Å²) in [6.07, 6.45) is 0. The second-order valence-corrected chi connectivity index (χ2v) is 5.48. The van der Waals surface area contributed by atoms with E-state index in [1.807, 2.05) is 18.2 Å². The van der Waals surface area contributed by atoms with Crippen molar-refractivity contribution in [3.63, 3.8) is 0 Å². The third-order valence-electron chi connectivity index (χ3n) is 3.19. The molecule has 0 radical (unpaired) electrons. The highest BCUT2D eigenvalue weighted by Gasteiger charge is 2.07. The van der Waals surface area contributed by atoms with Crippen LogP contribution in [0.4, 0.5) is 4.39 Å². The van der Waals surface area contributed by atoms with Crippen molar-refractivity contribution in [3.05, 3.63) is 63.9 Å². The van der Waals surface area contributed by atoms with Gasteiger partial charge >= 0.3 is 0 Å². The summed E-state index contributed by atoms with van der Waals surface area (Å²) in [6, 6.07) is 13.2. The highest BCUT2D eigenvalue weighted by molar-refractivity contribution is 9.10. The van der Waals surface area contributed by atoms with Gasteiger partial charge in [-0.1, -0.05) is 18.2 Å². The van der Waals surface area contributed by atoms with Gasteiger partial charge in [0.1, 0.15) is 11.6 Å². The van der Waals surface area contributed by atoms with Crippen LogP contribution in [-0.4, -0.2) is 7.11 Å². The lowest BCUT2D eigenvalue weighted by molar-refractivity contribution is 0.413.